The average Bonchev–Trinajstić information content (AvgIpc) is 3.17. The van der Waals surface area contributed by atoms with Crippen LogP contribution in [0, 0.1) is 0 Å². The lowest BCUT2D eigenvalue weighted by atomic mass is 10.0. The Morgan fingerprint density at radius 3 is 2.54 bits per heavy atom. The molecule has 0 spiro atoms. The van der Waals surface area contributed by atoms with Crippen LogP contribution in [-0.2, 0) is 28.5 Å². The number of nitrogens with one attached hydrogen (secondary N) is 2. The van der Waals surface area contributed by atoms with Gasteiger partial charge in [-0.25, -0.2) is 9.59 Å². The van der Waals surface area contributed by atoms with Gasteiger partial charge in [-0.15, -0.1) is 0 Å². The molecule has 0 aliphatic carbocycles. The number of carbonyl (C=O) groups excluding carboxylic acids is 3. The molecule has 1 unspecified atom stereocenters. The van der Waals surface area contributed by atoms with Crippen molar-refractivity contribution in [2.24, 2.45) is 0 Å². The number of hydrogen-bond donors (Lipinski definition) is 3. The number of amides is 4. The lowest BCUT2D eigenvalue weighted by Gasteiger charge is -2.37. The highest BCUT2D eigenvalue weighted by molar-refractivity contribution is 6.33. The van der Waals surface area contributed by atoms with Crippen LogP contribution < -0.4 is 16.4 Å². The van der Waals surface area contributed by atoms with Gasteiger partial charge in [0.1, 0.15) is 0 Å². The van der Waals surface area contributed by atoms with Crippen molar-refractivity contribution in [3.63, 3.8) is 0 Å². The predicted molar refractivity (Wildman–Crippen MR) is 171 cm³/mol. The molecule has 0 radical (unpaired) electrons. The van der Waals surface area contributed by atoms with Crippen molar-refractivity contribution in [1.82, 2.24) is 20.0 Å². The molecule has 2 heterocycles. The Hall–Kier alpha value is -3.71. The summed E-state index contributed by atoms with van der Waals surface area (Å²) in [7, 11) is 3.95. The molecule has 4 N–H and O–H groups in total. The van der Waals surface area contributed by atoms with Crippen LogP contribution in [0.4, 0.5) is 34.1 Å². The summed E-state index contributed by atoms with van der Waals surface area (Å²) >= 11 is 6.02. The first kappa shape index (κ1) is 35.1. The number of halogens is 4. The second kappa shape index (κ2) is 15.7. The number of fused-ring (bicyclic) bond motifs is 1. The van der Waals surface area contributed by atoms with Crippen LogP contribution in [0.15, 0.2) is 36.4 Å². The molecular weight excluding hydrogens is 625 g/mol. The minimum absolute atomic E-state index is 0.0531. The van der Waals surface area contributed by atoms with Gasteiger partial charge in [0.05, 0.1) is 16.3 Å². The van der Waals surface area contributed by atoms with E-state index in [4.69, 9.17) is 22.1 Å². The number of piperidine rings is 1. The monoisotopic (exact) mass is 666 g/mol. The number of benzene rings is 2. The van der Waals surface area contributed by atoms with Gasteiger partial charge in [-0.3, -0.25) is 4.79 Å². The average molecular weight is 667 g/mol. The molecule has 0 bridgehead atoms. The van der Waals surface area contributed by atoms with Crippen LogP contribution in [0.2, 0.25) is 5.02 Å². The number of hydrogen-bond acceptors (Lipinski definition) is 6. The minimum atomic E-state index is -4.76. The Labute approximate surface area is 272 Å². The van der Waals surface area contributed by atoms with Crippen molar-refractivity contribution in [1.29, 1.82) is 0 Å². The highest BCUT2D eigenvalue weighted by Gasteiger charge is 2.36. The Bertz CT molecular complexity index is 1380. The zero-order valence-electron chi connectivity index (χ0n) is 26.2. The third-order valence-corrected chi connectivity index (χ3v) is 8.65. The molecule has 2 aliphatic rings. The van der Waals surface area contributed by atoms with E-state index in [1.165, 1.54) is 11.0 Å². The fourth-order valence-corrected chi connectivity index (χ4v) is 6.02. The highest BCUT2D eigenvalue weighted by atomic mass is 35.5. The van der Waals surface area contributed by atoms with E-state index in [0.717, 1.165) is 36.7 Å². The van der Waals surface area contributed by atoms with Crippen molar-refractivity contribution >= 4 is 41.0 Å². The van der Waals surface area contributed by atoms with Crippen LogP contribution in [0.25, 0.3) is 0 Å². The van der Waals surface area contributed by atoms with Gasteiger partial charge in [0.15, 0.2) is 6.10 Å². The van der Waals surface area contributed by atoms with E-state index in [9.17, 15) is 27.6 Å². The maximum absolute atomic E-state index is 13.6. The van der Waals surface area contributed by atoms with Crippen molar-refractivity contribution < 1.29 is 32.3 Å². The van der Waals surface area contributed by atoms with E-state index >= 15 is 0 Å². The maximum Gasteiger partial charge on any atom is 0.418 e. The van der Waals surface area contributed by atoms with Crippen molar-refractivity contribution in [3.8, 4) is 0 Å². The maximum atomic E-state index is 13.6. The first-order valence-corrected chi connectivity index (χ1v) is 15.9. The SMILES string of the molecule is CN(C)CCCCCNC(=O)C(Cc1cc(Cl)c(N)c(C(F)(F)F)c1)OC(=O)N1CCC(N2CCc3ccccc3NC2=O)CC1. The standard InChI is InChI=1S/C32H42ClF3N6O4/c1-40(2)14-7-3-6-13-38-29(43)27(20-21-18-24(32(34,35)36)28(37)25(33)19-21)46-31(45)41-15-11-23(12-16-41)42-17-10-22-8-4-5-9-26(22)39-30(42)44/h4-5,8-9,18-19,23,27H,3,6-7,10-17,20,37H2,1-2H3,(H,38,43)(H,39,44). The Morgan fingerprint density at radius 2 is 1.85 bits per heavy atom. The molecule has 0 saturated carbocycles. The molecule has 46 heavy (non-hydrogen) atoms. The van der Waals surface area contributed by atoms with Crippen molar-refractivity contribution in [2.75, 3.05) is 57.9 Å². The summed E-state index contributed by atoms with van der Waals surface area (Å²) in [5.74, 6) is -0.613. The van der Waals surface area contributed by atoms with E-state index in [1.807, 2.05) is 38.4 Å². The van der Waals surface area contributed by atoms with E-state index < -0.39 is 35.5 Å². The van der Waals surface area contributed by atoms with E-state index in [2.05, 4.69) is 15.5 Å². The number of alkyl halides is 3. The molecule has 252 valence electrons. The summed E-state index contributed by atoms with van der Waals surface area (Å²) in [5, 5.41) is 5.42. The molecule has 1 fully saturated rings. The fraction of sp³-hybridized carbons (Fsp3) is 0.531. The van der Waals surface area contributed by atoms with Gasteiger partial charge in [0, 0.05) is 44.3 Å². The van der Waals surface area contributed by atoms with Gasteiger partial charge in [-0.05, 0) is 82.1 Å². The number of nitrogens with two attached hydrogens (primary N) is 1. The van der Waals surface area contributed by atoms with E-state index in [0.29, 0.717) is 38.8 Å². The zero-order valence-corrected chi connectivity index (χ0v) is 26.9. The van der Waals surface area contributed by atoms with Gasteiger partial charge in [-0.1, -0.05) is 36.2 Å². The minimum Gasteiger partial charge on any atom is -0.436 e. The molecule has 1 atom stereocenters. The number of likely N-dealkylation sites (tertiary alicyclic amines) is 1. The number of urea groups is 1. The Kier molecular flexibility index (Phi) is 12.0. The first-order chi connectivity index (χ1) is 21.8. The Morgan fingerprint density at radius 1 is 1.13 bits per heavy atom. The van der Waals surface area contributed by atoms with Crippen LogP contribution >= 0.6 is 11.6 Å². The Balaban J connectivity index is 1.39. The third kappa shape index (κ3) is 9.41. The highest BCUT2D eigenvalue weighted by Crippen LogP contribution is 2.38. The second-order valence-electron chi connectivity index (χ2n) is 12.0. The molecule has 4 rings (SSSR count). The predicted octanol–water partition coefficient (Wildman–Crippen LogP) is 5.39. The second-order valence-corrected chi connectivity index (χ2v) is 12.4. The largest absolute Gasteiger partial charge is 0.436 e. The molecular formula is C32H42ClF3N6O4. The summed E-state index contributed by atoms with van der Waals surface area (Å²) in [5.41, 5.74) is 5.75. The van der Waals surface area contributed by atoms with E-state index in [-0.39, 0.29) is 42.2 Å². The van der Waals surface area contributed by atoms with Crippen LogP contribution in [0.1, 0.15) is 48.8 Å². The molecule has 4 amide bonds. The number of nitrogen functional groups attached to an aromatic ring is 1. The van der Waals surface area contributed by atoms with Crippen molar-refractivity contribution in [2.45, 2.75) is 63.3 Å². The van der Waals surface area contributed by atoms with Crippen LogP contribution in [0.5, 0.6) is 0 Å². The van der Waals surface area contributed by atoms with Crippen molar-refractivity contribution in [3.05, 3.63) is 58.1 Å². The van der Waals surface area contributed by atoms with Gasteiger partial charge < -0.3 is 35.8 Å². The number of anilines is 2. The quantitative estimate of drug-likeness (QED) is 0.219. The van der Waals surface area contributed by atoms with Gasteiger partial charge in [0.2, 0.25) is 0 Å². The fourth-order valence-electron chi connectivity index (χ4n) is 5.78. The molecule has 14 heteroatoms. The topological polar surface area (TPSA) is 120 Å². The molecule has 2 aliphatic heterocycles. The van der Waals surface area contributed by atoms with Gasteiger partial charge in [-0.2, -0.15) is 13.2 Å². The first-order valence-electron chi connectivity index (χ1n) is 15.5. The lowest BCUT2D eigenvalue weighted by molar-refractivity contribution is -0.137. The van der Waals surface area contributed by atoms with Gasteiger partial charge in [0.25, 0.3) is 5.91 Å². The number of unbranched alkanes of at least 4 members (excludes halogenated alkanes) is 2. The summed E-state index contributed by atoms with van der Waals surface area (Å²) < 4.78 is 46.5. The molecule has 10 nitrogen and oxygen atoms in total. The number of para-hydroxylation sites is 1. The lowest BCUT2D eigenvalue weighted by Crippen LogP contribution is -2.51. The summed E-state index contributed by atoms with van der Waals surface area (Å²) in [6.45, 7) is 2.34. The molecule has 2 aromatic carbocycles. The normalized spacial score (nSPS) is 16.5. The van der Waals surface area contributed by atoms with Crippen LogP contribution in [-0.4, -0.2) is 91.7 Å². The molecule has 0 aromatic heterocycles. The van der Waals surface area contributed by atoms with E-state index in [1.54, 1.807) is 4.90 Å². The zero-order chi connectivity index (χ0) is 33.4. The smallest absolute Gasteiger partial charge is 0.418 e. The molecule has 2 aromatic rings. The summed E-state index contributed by atoms with van der Waals surface area (Å²) in [4.78, 5) is 44.8. The summed E-state index contributed by atoms with van der Waals surface area (Å²) in [6, 6.07) is 9.45. The third-order valence-electron chi connectivity index (χ3n) is 8.34. The number of rotatable bonds is 11. The number of ether oxygens (including phenoxy) is 1. The number of nitrogens with zero attached hydrogens (tertiary/aromatic N) is 3. The summed E-state index contributed by atoms with van der Waals surface area (Å²) in [6.07, 6.45) is -3.04. The molecule has 1 saturated heterocycles. The number of carbonyl (C=O) groups is 3. The van der Waals surface area contributed by atoms with Gasteiger partial charge >= 0.3 is 18.3 Å². The van der Waals surface area contributed by atoms with Crippen LogP contribution in [0.3, 0.4) is 0 Å².